The normalized spacial score (nSPS) is 10.3. The maximum atomic E-state index is 8.68. The Morgan fingerprint density at radius 2 is 2.20 bits per heavy atom. The van der Waals surface area contributed by atoms with Crippen molar-refractivity contribution >= 4 is 11.6 Å². The number of ether oxygens (including phenoxy) is 1. The maximum Gasteiger partial charge on any atom is 0.122 e. The van der Waals surface area contributed by atoms with Crippen molar-refractivity contribution in [2.75, 3.05) is 19.8 Å². The number of aliphatic hydroxyl groups excluding tert-OH is 1. The van der Waals surface area contributed by atoms with E-state index in [0.29, 0.717) is 18.2 Å². The van der Waals surface area contributed by atoms with Gasteiger partial charge in [-0.05, 0) is 43.1 Å². The Labute approximate surface area is 94.8 Å². The van der Waals surface area contributed by atoms with E-state index in [1.807, 2.05) is 12.1 Å². The molecule has 0 aliphatic carbocycles. The molecule has 0 amide bonds. The zero-order chi connectivity index (χ0) is 11.1. The number of hydrogen-bond donors (Lipinski definition) is 2. The highest BCUT2D eigenvalue weighted by Gasteiger charge is 2.04. The smallest absolute Gasteiger partial charge is 0.122 e. The molecule has 0 aliphatic heterocycles. The Morgan fingerprint density at radius 3 is 2.87 bits per heavy atom. The summed E-state index contributed by atoms with van der Waals surface area (Å²) >= 11 is 5.89. The van der Waals surface area contributed by atoms with Crippen molar-refractivity contribution in [1.82, 2.24) is 0 Å². The van der Waals surface area contributed by atoms with Crippen LogP contribution >= 0.6 is 11.6 Å². The standard InChI is InChI=1S/C11H16ClNO2/c12-10-3-4-11(15-7-6-14)9(8-10)2-1-5-13/h3-4,8,14H,1-2,5-7,13H2. The lowest BCUT2D eigenvalue weighted by atomic mass is 10.1. The summed E-state index contributed by atoms with van der Waals surface area (Å²) in [7, 11) is 0. The Balaban J connectivity index is 2.73. The quantitative estimate of drug-likeness (QED) is 0.779. The van der Waals surface area contributed by atoms with Gasteiger partial charge in [-0.2, -0.15) is 0 Å². The lowest BCUT2D eigenvalue weighted by molar-refractivity contribution is 0.200. The average molecular weight is 230 g/mol. The molecule has 1 aromatic rings. The van der Waals surface area contributed by atoms with E-state index >= 15 is 0 Å². The fourth-order valence-electron chi connectivity index (χ4n) is 1.33. The third-order valence-electron chi connectivity index (χ3n) is 2.02. The van der Waals surface area contributed by atoms with Crippen LogP contribution in [0.15, 0.2) is 18.2 Å². The first-order valence-electron chi connectivity index (χ1n) is 5.00. The molecule has 0 atom stereocenters. The summed E-state index contributed by atoms with van der Waals surface area (Å²) in [6.07, 6.45) is 1.74. The van der Waals surface area contributed by atoms with Crippen LogP contribution in [0.4, 0.5) is 0 Å². The van der Waals surface area contributed by atoms with E-state index < -0.39 is 0 Å². The van der Waals surface area contributed by atoms with E-state index in [0.717, 1.165) is 24.2 Å². The lowest BCUT2D eigenvalue weighted by Crippen LogP contribution is -2.05. The molecule has 4 heteroatoms. The molecule has 0 aliphatic rings. The van der Waals surface area contributed by atoms with Gasteiger partial charge >= 0.3 is 0 Å². The third-order valence-corrected chi connectivity index (χ3v) is 2.26. The third kappa shape index (κ3) is 4.08. The van der Waals surface area contributed by atoms with Gasteiger partial charge in [0.2, 0.25) is 0 Å². The lowest BCUT2D eigenvalue weighted by Gasteiger charge is -2.10. The van der Waals surface area contributed by atoms with E-state index in [1.165, 1.54) is 0 Å². The van der Waals surface area contributed by atoms with Crippen LogP contribution in [0.2, 0.25) is 5.02 Å². The molecule has 0 fully saturated rings. The SMILES string of the molecule is NCCCc1cc(Cl)ccc1OCCO. The van der Waals surface area contributed by atoms with Crippen LogP contribution in [-0.4, -0.2) is 24.9 Å². The van der Waals surface area contributed by atoms with E-state index in [-0.39, 0.29) is 6.61 Å². The van der Waals surface area contributed by atoms with Gasteiger partial charge in [-0.1, -0.05) is 11.6 Å². The van der Waals surface area contributed by atoms with Crippen LogP contribution in [0.5, 0.6) is 5.75 Å². The van der Waals surface area contributed by atoms with Crippen LogP contribution in [0.3, 0.4) is 0 Å². The Kier molecular flexibility index (Phi) is 5.47. The van der Waals surface area contributed by atoms with Gasteiger partial charge in [0.05, 0.1) is 6.61 Å². The molecule has 15 heavy (non-hydrogen) atoms. The highest BCUT2D eigenvalue weighted by Crippen LogP contribution is 2.24. The number of nitrogens with two attached hydrogens (primary N) is 1. The van der Waals surface area contributed by atoms with Gasteiger partial charge in [0.15, 0.2) is 0 Å². The molecular formula is C11H16ClNO2. The molecule has 0 aromatic heterocycles. The molecule has 0 saturated heterocycles. The molecule has 0 unspecified atom stereocenters. The fraction of sp³-hybridized carbons (Fsp3) is 0.455. The Bertz CT molecular complexity index is 305. The van der Waals surface area contributed by atoms with Crippen LogP contribution in [0, 0.1) is 0 Å². The first-order chi connectivity index (χ1) is 7.27. The summed E-state index contributed by atoms with van der Waals surface area (Å²) < 4.78 is 5.39. The van der Waals surface area contributed by atoms with Gasteiger partial charge in [0, 0.05) is 5.02 Å². The van der Waals surface area contributed by atoms with Crippen molar-refractivity contribution < 1.29 is 9.84 Å². The maximum absolute atomic E-state index is 8.68. The Morgan fingerprint density at radius 1 is 1.40 bits per heavy atom. The van der Waals surface area contributed by atoms with Gasteiger partial charge in [0.1, 0.15) is 12.4 Å². The summed E-state index contributed by atoms with van der Waals surface area (Å²) in [5.74, 6) is 0.780. The van der Waals surface area contributed by atoms with Gasteiger partial charge in [-0.3, -0.25) is 0 Å². The van der Waals surface area contributed by atoms with Gasteiger partial charge in [0.25, 0.3) is 0 Å². The van der Waals surface area contributed by atoms with Crippen LogP contribution in [-0.2, 0) is 6.42 Å². The average Bonchev–Trinajstić information content (AvgIpc) is 2.25. The van der Waals surface area contributed by atoms with Crippen molar-refractivity contribution in [3.8, 4) is 5.75 Å². The number of aryl methyl sites for hydroxylation is 1. The highest BCUT2D eigenvalue weighted by atomic mass is 35.5. The summed E-state index contributed by atoms with van der Waals surface area (Å²) in [6, 6.07) is 5.48. The molecule has 84 valence electrons. The number of rotatable bonds is 6. The van der Waals surface area contributed by atoms with E-state index in [9.17, 15) is 0 Å². The van der Waals surface area contributed by atoms with Crippen molar-refractivity contribution in [2.24, 2.45) is 5.73 Å². The fourth-order valence-corrected chi connectivity index (χ4v) is 1.53. The second kappa shape index (κ2) is 6.67. The van der Waals surface area contributed by atoms with Crippen molar-refractivity contribution in [1.29, 1.82) is 0 Å². The molecule has 0 spiro atoms. The number of hydrogen-bond acceptors (Lipinski definition) is 3. The molecule has 1 aromatic carbocycles. The van der Waals surface area contributed by atoms with Crippen LogP contribution in [0.1, 0.15) is 12.0 Å². The Hall–Kier alpha value is -0.770. The van der Waals surface area contributed by atoms with E-state index in [2.05, 4.69) is 0 Å². The number of halogens is 1. The predicted octanol–water partition coefficient (Wildman–Crippen LogP) is 1.60. The summed E-state index contributed by atoms with van der Waals surface area (Å²) in [4.78, 5) is 0. The zero-order valence-electron chi connectivity index (χ0n) is 8.58. The number of benzene rings is 1. The van der Waals surface area contributed by atoms with E-state index in [4.69, 9.17) is 27.2 Å². The second-order valence-corrected chi connectivity index (χ2v) is 3.65. The molecule has 0 radical (unpaired) electrons. The molecule has 3 nitrogen and oxygen atoms in total. The summed E-state index contributed by atoms with van der Waals surface area (Å²) in [5, 5.41) is 9.37. The predicted molar refractivity (Wildman–Crippen MR) is 61.4 cm³/mol. The molecule has 0 saturated carbocycles. The topological polar surface area (TPSA) is 55.5 Å². The minimum atomic E-state index is 0.0129. The molecule has 1 rings (SSSR count). The van der Waals surface area contributed by atoms with Gasteiger partial charge in [-0.25, -0.2) is 0 Å². The van der Waals surface area contributed by atoms with Gasteiger partial charge < -0.3 is 15.6 Å². The largest absolute Gasteiger partial charge is 0.491 e. The molecule has 0 bridgehead atoms. The van der Waals surface area contributed by atoms with Crippen molar-refractivity contribution in [2.45, 2.75) is 12.8 Å². The monoisotopic (exact) mass is 229 g/mol. The molecule has 3 N–H and O–H groups in total. The minimum Gasteiger partial charge on any atom is -0.491 e. The first-order valence-corrected chi connectivity index (χ1v) is 5.38. The molecule has 0 heterocycles. The second-order valence-electron chi connectivity index (χ2n) is 3.22. The molecular weight excluding hydrogens is 214 g/mol. The van der Waals surface area contributed by atoms with Crippen LogP contribution in [0.25, 0.3) is 0 Å². The van der Waals surface area contributed by atoms with Crippen molar-refractivity contribution in [3.63, 3.8) is 0 Å². The van der Waals surface area contributed by atoms with E-state index in [1.54, 1.807) is 6.07 Å². The first kappa shape index (κ1) is 12.3. The highest BCUT2D eigenvalue weighted by molar-refractivity contribution is 6.30. The minimum absolute atomic E-state index is 0.0129. The summed E-state index contributed by atoms with van der Waals surface area (Å²) in [6.45, 7) is 0.960. The van der Waals surface area contributed by atoms with Crippen LogP contribution < -0.4 is 10.5 Å². The number of aliphatic hydroxyl groups is 1. The van der Waals surface area contributed by atoms with Crippen molar-refractivity contribution in [3.05, 3.63) is 28.8 Å². The van der Waals surface area contributed by atoms with Gasteiger partial charge in [-0.15, -0.1) is 0 Å². The zero-order valence-corrected chi connectivity index (χ0v) is 9.33. The summed E-state index contributed by atoms with van der Waals surface area (Å²) in [5.41, 5.74) is 6.49.